The van der Waals surface area contributed by atoms with Crippen LogP contribution in [0.5, 0.6) is 5.75 Å². The van der Waals surface area contributed by atoms with Gasteiger partial charge in [0.25, 0.3) is 0 Å². The van der Waals surface area contributed by atoms with Gasteiger partial charge in [0, 0.05) is 47.9 Å². The summed E-state index contributed by atoms with van der Waals surface area (Å²) in [5.41, 5.74) is 7.66. The number of rotatable bonds is 11. The third kappa shape index (κ3) is 6.74. The molecule has 2 atom stereocenters. The van der Waals surface area contributed by atoms with Gasteiger partial charge in [-0.1, -0.05) is 18.2 Å². The molecule has 1 saturated carbocycles. The van der Waals surface area contributed by atoms with Crippen LogP contribution < -0.4 is 20.1 Å². The zero-order chi connectivity index (χ0) is 29.9. The first kappa shape index (κ1) is 29.3. The van der Waals surface area contributed by atoms with Crippen LogP contribution in [0.2, 0.25) is 0 Å². The Morgan fingerprint density at radius 3 is 2.70 bits per heavy atom. The molecule has 3 heterocycles. The number of benzene rings is 2. The molecule has 1 aliphatic heterocycles. The molecular weight excluding hydrogens is 578 g/mol. The highest BCUT2D eigenvalue weighted by atomic mass is 32.2. The van der Waals surface area contributed by atoms with Crippen LogP contribution in [-0.2, 0) is 16.0 Å². The van der Waals surface area contributed by atoms with E-state index in [-0.39, 0.29) is 24.1 Å². The van der Waals surface area contributed by atoms with E-state index in [0.29, 0.717) is 84.1 Å². The number of aromatic nitrogens is 3. The lowest BCUT2D eigenvalue weighted by molar-refractivity contribution is 0.122. The normalized spacial score (nSPS) is 16.8. The topological polar surface area (TPSA) is 136 Å². The Morgan fingerprint density at radius 1 is 1.16 bits per heavy atom. The maximum Gasteiger partial charge on any atom is 0.231 e. The van der Waals surface area contributed by atoms with Gasteiger partial charge >= 0.3 is 0 Å². The van der Waals surface area contributed by atoms with Crippen LogP contribution in [-0.4, -0.2) is 63.2 Å². The molecule has 226 valence electrons. The third-order valence-electron chi connectivity index (χ3n) is 7.57. The number of fused-ring (bicyclic) bond motifs is 1. The number of nitrogens with zero attached hydrogens (tertiary/aromatic N) is 4. The zero-order valence-corrected chi connectivity index (χ0v) is 24.2. The summed E-state index contributed by atoms with van der Waals surface area (Å²) in [4.78, 5) is 16.2. The van der Waals surface area contributed by atoms with Crippen molar-refractivity contribution in [1.29, 1.82) is 0 Å². The van der Waals surface area contributed by atoms with Crippen LogP contribution in [0.15, 0.2) is 48.7 Å². The largest absolute Gasteiger partial charge is 0.491 e. The van der Waals surface area contributed by atoms with Crippen molar-refractivity contribution in [2.24, 2.45) is 5.92 Å². The van der Waals surface area contributed by atoms with Crippen molar-refractivity contribution in [3.63, 3.8) is 0 Å². The van der Waals surface area contributed by atoms with Gasteiger partial charge < -0.3 is 20.1 Å². The van der Waals surface area contributed by atoms with Gasteiger partial charge in [0.15, 0.2) is 5.82 Å². The second kappa shape index (κ2) is 12.8. The smallest absolute Gasteiger partial charge is 0.231 e. The van der Waals surface area contributed by atoms with Crippen molar-refractivity contribution >= 4 is 33.8 Å². The molecule has 2 aliphatic rings. The van der Waals surface area contributed by atoms with Crippen molar-refractivity contribution in [3.05, 3.63) is 60.0 Å². The highest BCUT2D eigenvalue weighted by Gasteiger charge is 2.26. The fourth-order valence-corrected chi connectivity index (χ4v) is 5.36. The predicted octanol–water partition coefficient (Wildman–Crippen LogP) is 4.83. The van der Waals surface area contributed by atoms with E-state index < -0.39 is 23.3 Å². The Kier molecular flexibility index (Phi) is 8.75. The van der Waals surface area contributed by atoms with Crippen molar-refractivity contribution < 1.29 is 27.0 Å². The number of alkyl halides is 1. The Balaban J connectivity index is 1.48. The molecule has 2 aromatic carbocycles. The Hall–Kier alpha value is -3.78. The number of hydrogen-bond donors (Lipinski definition) is 3. The lowest BCUT2D eigenvalue weighted by Gasteiger charge is -2.29. The van der Waals surface area contributed by atoms with Gasteiger partial charge in [0.2, 0.25) is 11.3 Å². The molecule has 0 amide bonds. The first-order chi connectivity index (χ1) is 20.9. The highest BCUT2D eigenvalue weighted by molar-refractivity contribution is 7.77. The molecule has 4 N–H and O–H groups in total. The first-order valence-corrected chi connectivity index (χ1v) is 15.3. The average Bonchev–Trinajstić information content (AvgIpc) is 3.85. The minimum Gasteiger partial charge on any atom is -0.491 e. The number of halogens is 2. The molecule has 1 aliphatic carbocycles. The summed E-state index contributed by atoms with van der Waals surface area (Å²) in [5, 5.41) is 0.675. The summed E-state index contributed by atoms with van der Waals surface area (Å²) in [7, 11) is 0. The lowest BCUT2D eigenvalue weighted by Crippen LogP contribution is -2.37. The number of nitrogens with two attached hydrogens (primary N) is 1. The maximum atomic E-state index is 15.9. The fourth-order valence-electron chi connectivity index (χ4n) is 5.07. The quantitative estimate of drug-likeness (QED) is 0.204. The average molecular weight is 611 g/mol. The second-order valence-electron chi connectivity index (χ2n) is 10.7. The second-order valence-corrected chi connectivity index (χ2v) is 11.5. The van der Waals surface area contributed by atoms with E-state index in [0.717, 1.165) is 12.8 Å². The van der Waals surface area contributed by atoms with E-state index in [9.17, 15) is 4.21 Å². The van der Waals surface area contributed by atoms with Gasteiger partial charge in [-0.25, -0.2) is 32.7 Å². The van der Waals surface area contributed by atoms with E-state index in [2.05, 4.69) is 14.6 Å². The van der Waals surface area contributed by atoms with Gasteiger partial charge in [0.05, 0.1) is 19.8 Å². The molecule has 4 aromatic rings. The predicted molar refractivity (Wildman–Crippen MR) is 161 cm³/mol. The molecule has 2 unspecified atom stereocenters. The van der Waals surface area contributed by atoms with Crippen molar-refractivity contribution in [2.45, 2.75) is 25.4 Å². The minimum absolute atomic E-state index is 0.0881. The van der Waals surface area contributed by atoms with Crippen LogP contribution in [0.4, 0.5) is 20.4 Å². The van der Waals surface area contributed by atoms with Crippen LogP contribution in [0, 0.1) is 11.7 Å². The lowest BCUT2D eigenvalue weighted by atomic mass is 9.97. The third-order valence-corrected chi connectivity index (χ3v) is 8.02. The molecule has 1 saturated heterocycles. The van der Waals surface area contributed by atoms with Gasteiger partial charge in [-0.05, 0) is 55.0 Å². The van der Waals surface area contributed by atoms with E-state index in [4.69, 9.17) is 29.7 Å². The molecule has 0 bridgehead atoms. The minimum atomic E-state index is -2.27. The number of morpholine rings is 1. The van der Waals surface area contributed by atoms with Crippen molar-refractivity contribution in [2.75, 3.05) is 50.1 Å². The molecular formula is C30H32F2N6O4S. The van der Waals surface area contributed by atoms with Crippen LogP contribution in [0.25, 0.3) is 33.4 Å². The summed E-state index contributed by atoms with van der Waals surface area (Å²) in [6.07, 6.45) is 1.95. The number of anilines is 2. The van der Waals surface area contributed by atoms with E-state index in [1.807, 2.05) is 12.1 Å². The summed E-state index contributed by atoms with van der Waals surface area (Å²) in [5.74, 6) is 1.73. The summed E-state index contributed by atoms with van der Waals surface area (Å²) in [6, 6.07) is 11.7. The van der Waals surface area contributed by atoms with Gasteiger partial charge in [-0.2, -0.15) is 0 Å². The van der Waals surface area contributed by atoms with Gasteiger partial charge in [-0.3, -0.25) is 4.55 Å². The fraction of sp³-hybridized carbons (Fsp3) is 0.367. The monoisotopic (exact) mass is 610 g/mol. The van der Waals surface area contributed by atoms with Gasteiger partial charge in [0.1, 0.15) is 34.9 Å². The Labute approximate surface area is 250 Å². The Morgan fingerprint density at radius 2 is 1.98 bits per heavy atom. The van der Waals surface area contributed by atoms with E-state index in [1.54, 1.807) is 30.5 Å². The number of hydrogen-bond acceptors (Lipinski definition) is 8. The van der Waals surface area contributed by atoms with Crippen LogP contribution >= 0.6 is 0 Å². The van der Waals surface area contributed by atoms with Gasteiger partial charge in [-0.15, -0.1) is 0 Å². The number of nitrogens with one attached hydrogen (secondary N) is 1. The zero-order valence-electron chi connectivity index (χ0n) is 23.3. The van der Waals surface area contributed by atoms with Crippen molar-refractivity contribution in [3.8, 4) is 28.3 Å². The molecule has 0 spiro atoms. The van der Waals surface area contributed by atoms with Crippen LogP contribution in [0.1, 0.15) is 31.0 Å². The molecule has 6 rings (SSSR count). The number of nitrogen functional groups attached to an aromatic ring is 1. The van der Waals surface area contributed by atoms with E-state index in [1.165, 1.54) is 6.07 Å². The molecule has 0 radical (unpaired) electrons. The number of pyridine rings is 1. The highest BCUT2D eigenvalue weighted by Crippen LogP contribution is 2.40. The van der Waals surface area contributed by atoms with Crippen LogP contribution in [0.3, 0.4) is 0 Å². The summed E-state index contributed by atoms with van der Waals surface area (Å²) >= 11 is -2.27. The molecule has 10 nitrogen and oxygen atoms in total. The van der Waals surface area contributed by atoms with Crippen molar-refractivity contribution in [1.82, 2.24) is 19.7 Å². The molecule has 13 heteroatoms. The van der Waals surface area contributed by atoms with E-state index >= 15 is 8.78 Å². The molecule has 2 aromatic heterocycles. The first-order valence-electron chi connectivity index (χ1n) is 14.2. The standard InChI is InChI=1S/C30H32F2N6O4S/c31-24(8-9-35-43(39)40)22-3-1-2-21(27(22)32)20-14-23-28(25(15-20)42-17-18-4-5-18)36-29(19-6-7-26(33)34-16-19)37-30(23)38-10-12-41-13-11-38/h1-3,6-7,14-16,18,24,35H,4-5,8-13,17H2,(H2,33,34)(H,39,40). The summed E-state index contributed by atoms with van der Waals surface area (Å²) < 4.78 is 65.0. The number of ether oxygens (including phenoxy) is 2. The SMILES string of the molecule is Nc1ccc(-c2nc(N3CCOCC3)c3cc(-c4cccc(C(F)CCNS(=O)O)c4F)cc(OCC4CC4)c3n2)cn1. The molecule has 43 heavy (non-hydrogen) atoms. The Bertz CT molecular complexity index is 1630. The molecule has 2 fully saturated rings. The maximum absolute atomic E-state index is 15.9. The summed E-state index contributed by atoms with van der Waals surface area (Å²) in [6.45, 7) is 2.68.